The van der Waals surface area contributed by atoms with Crippen LogP contribution in [0, 0.1) is 5.82 Å². The molecule has 5 heteroatoms. The number of hydrogen-bond acceptors (Lipinski definition) is 2. The molecule has 0 saturated carbocycles. The molecule has 0 spiro atoms. The highest BCUT2D eigenvalue weighted by molar-refractivity contribution is 6.34. The van der Waals surface area contributed by atoms with Crippen LogP contribution in [0.15, 0.2) is 42.5 Å². The van der Waals surface area contributed by atoms with Gasteiger partial charge in [-0.1, -0.05) is 29.3 Å². The van der Waals surface area contributed by atoms with Gasteiger partial charge in [0.2, 0.25) is 5.78 Å². The molecular weight excluding hydrogens is 302 g/mol. The van der Waals surface area contributed by atoms with Crippen molar-refractivity contribution < 1.29 is 13.9 Å². The van der Waals surface area contributed by atoms with Crippen molar-refractivity contribution in [1.82, 2.24) is 0 Å². The summed E-state index contributed by atoms with van der Waals surface area (Å²) in [5, 5.41) is 0.698. The number of halogens is 3. The van der Waals surface area contributed by atoms with Crippen molar-refractivity contribution in [3.63, 3.8) is 0 Å². The predicted molar refractivity (Wildman–Crippen MR) is 77.3 cm³/mol. The van der Waals surface area contributed by atoms with E-state index in [9.17, 15) is 9.18 Å². The summed E-state index contributed by atoms with van der Waals surface area (Å²) in [4.78, 5) is 12.2. The van der Waals surface area contributed by atoms with E-state index in [1.807, 2.05) is 0 Å². The number of Topliss-reactive ketones (excluding diaryl/α,β-unsaturated/α-hetero) is 1. The SMILES string of the molecule is CC(Oc1cccc(Cl)c1)C(=O)c1cc(F)ccc1Cl. The van der Waals surface area contributed by atoms with Crippen LogP contribution in [0.1, 0.15) is 17.3 Å². The molecule has 2 rings (SSSR count). The van der Waals surface area contributed by atoms with Gasteiger partial charge in [0.1, 0.15) is 11.6 Å². The Bertz CT molecular complexity index is 644. The van der Waals surface area contributed by atoms with Gasteiger partial charge >= 0.3 is 0 Å². The fraction of sp³-hybridized carbons (Fsp3) is 0.133. The van der Waals surface area contributed by atoms with Crippen molar-refractivity contribution in [3.8, 4) is 5.75 Å². The average Bonchev–Trinajstić information content (AvgIpc) is 2.40. The Morgan fingerprint density at radius 1 is 1.20 bits per heavy atom. The van der Waals surface area contributed by atoms with Crippen LogP contribution >= 0.6 is 23.2 Å². The van der Waals surface area contributed by atoms with Crippen molar-refractivity contribution >= 4 is 29.0 Å². The lowest BCUT2D eigenvalue weighted by Crippen LogP contribution is -2.24. The zero-order valence-electron chi connectivity index (χ0n) is 10.6. The molecule has 104 valence electrons. The van der Waals surface area contributed by atoms with Crippen LogP contribution in [0.2, 0.25) is 10.0 Å². The molecule has 0 aliphatic heterocycles. The number of ketones is 1. The van der Waals surface area contributed by atoms with Gasteiger partial charge in [-0.25, -0.2) is 4.39 Å². The molecule has 0 N–H and O–H groups in total. The van der Waals surface area contributed by atoms with Gasteiger partial charge in [-0.3, -0.25) is 4.79 Å². The van der Waals surface area contributed by atoms with E-state index in [0.717, 1.165) is 6.07 Å². The molecule has 0 radical (unpaired) electrons. The molecule has 0 fully saturated rings. The molecule has 0 saturated heterocycles. The van der Waals surface area contributed by atoms with Gasteiger partial charge < -0.3 is 4.74 Å². The van der Waals surface area contributed by atoms with Crippen LogP contribution in [0.25, 0.3) is 0 Å². The molecule has 1 atom stereocenters. The second kappa shape index (κ2) is 6.25. The van der Waals surface area contributed by atoms with Crippen LogP contribution < -0.4 is 4.74 Å². The standard InChI is InChI=1S/C15H11Cl2FO2/c1-9(20-12-4-2-3-10(16)7-12)15(19)13-8-11(18)5-6-14(13)17/h2-9H,1H3. The van der Waals surface area contributed by atoms with E-state index in [0.29, 0.717) is 10.8 Å². The summed E-state index contributed by atoms with van der Waals surface area (Å²) in [6, 6.07) is 10.3. The minimum atomic E-state index is -0.798. The molecular formula is C15H11Cl2FO2. The van der Waals surface area contributed by atoms with Crippen molar-refractivity contribution in [1.29, 1.82) is 0 Å². The number of ether oxygens (including phenoxy) is 1. The number of rotatable bonds is 4. The smallest absolute Gasteiger partial charge is 0.204 e. The fourth-order valence-corrected chi connectivity index (χ4v) is 2.09. The number of carbonyl (C=O) groups is 1. The van der Waals surface area contributed by atoms with Gasteiger partial charge in [0.25, 0.3) is 0 Å². The summed E-state index contributed by atoms with van der Waals surface area (Å²) in [7, 11) is 0. The third kappa shape index (κ3) is 3.50. The lowest BCUT2D eigenvalue weighted by atomic mass is 10.1. The Balaban J connectivity index is 2.18. The molecule has 0 aliphatic carbocycles. The quantitative estimate of drug-likeness (QED) is 0.759. The predicted octanol–water partition coefficient (Wildman–Crippen LogP) is 4.78. The van der Waals surface area contributed by atoms with Gasteiger partial charge in [-0.2, -0.15) is 0 Å². The first-order chi connectivity index (χ1) is 9.47. The number of hydrogen-bond donors (Lipinski definition) is 0. The summed E-state index contributed by atoms with van der Waals surface area (Å²) >= 11 is 11.7. The fourth-order valence-electron chi connectivity index (χ4n) is 1.70. The van der Waals surface area contributed by atoms with E-state index in [4.69, 9.17) is 27.9 Å². The lowest BCUT2D eigenvalue weighted by molar-refractivity contribution is 0.0818. The number of benzene rings is 2. The summed E-state index contributed by atoms with van der Waals surface area (Å²) in [5.74, 6) is -0.451. The Hall–Kier alpha value is -1.58. The van der Waals surface area contributed by atoms with Gasteiger partial charge in [-0.15, -0.1) is 0 Å². The minimum absolute atomic E-state index is 0.0983. The Morgan fingerprint density at radius 3 is 2.65 bits per heavy atom. The third-order valence-electron chi connectivity index (χ3n) is 2.67. The summed E-state index contributed by atoms with van der Waals surface area (Å²) < 4.78 is 18.7. The van der Waals surface area contributed by atoms with Crippen molar-refractivity contribution in [2.75, 3.05) is 0 Å². The first kappa shape index (κ1) is 14.8. The van der Waals surface area contributed by atoms with E-state index in [1.165, 1.54) is 12.1 Å². The Kier molecular flexibility index (Phi) is 4.63. The molecule has 2 aromatic carbocycles. The summed E-state index contributed by atoms with van der Waals surface area (Å²) in [6.07, 6.45) is -0.798. The molecule has 0 aliphatic rings. The first-order valence-electron chi connectivity index (χ1n) is 5.89. The molecule has 20 heavy (non-hydrogen) atoms. The van der Waals surface area contributed by atoms with Crippen LogP contribution in [-0.2, 0) is 0 Å². The van der Waals surface area contributed by atoms with Gasteiger partial charge in [0.05, 0.1) is 5.02 Å². The second-order valence-electron chi connectivity index (χ2n) is 4.21. The molecule has 2 nitrogen and oxygen atoms in total. The van der Waals surface area contributed by atoms with Gasteiger partial charge in [0, 0.05) is 10.6 Å². The largest absolute Gasteiger partial charge is 0.483 e. The lowest BCUT2D eigenvalue weighted by Gasteiger charge is -2.14. The topological polar surface area (TPSA) is 26.3 Å². The second-order valence-corrected chi connectivity index (χ2v) is 5.05. The van der Waals surface area contributed by atoms with E-state index < -0.39 is 17.7 Å². The third-order valence-corrected chi connectivity index (χ3v) is 3.24. The van der Waals surface area contributed by atoms with E-state index in [2.05, 4.69) is 0 Å². The Labute approximate surface area is 126 Å². The van der Waals surface area contributed by atoms with Crippen LogP contribution in [0.5, 0.6) is 5.75 Å². The van der Waals surface area contributed by atoms with Crippen molar-refractivity contribution in [2.24, 2.45) is 0 Å². The minimum Gasteiger partial charge on any atom is -0.483 e. The van der Waals surface area contributed by atoms with Crippen LogP contribution in [-0.4, -0.2) is 11.9 Å². The van der Waals surface area contributed by atoms with Crippen molar-refractivity contribution in [2.45, 2.75) is 13.0 Å². The monoisotopic (exact) mass is 312 g/mol. The number of carbonyl (C=O) groups excluding carboxylic acids is 1. The van der Waals surface area contributed by atoms with E-state index in [1.54, 1.807) is 31.2 Å². The summed E-state index contributed by atoms with van der Waals surface area (Å²) in [5.41, 5.74) is 0.0983. The highest BCUT2D eigenvalue weighted by atomic mass is 35.5. The first-order valence-corrected chi connectivity index (χ1v) is 6.64. The Morgan fingerprint density at radius 2 is 1.95 bits per heavy atom. The van der Waals surface area contributed by atoms with E-state index >= 15 is 0 Å². The van der Waals surface area contributed by atoms with Gasteiger partial charge in [-0.05, 0) is 43.3 Å². The maximum atomic E-state index is 13.2. The molecule has 2 aromatic rings. The average molecular weight is 313 g/mol. The van der Waals surface area contributed by atoms with Crippen LogP contribution in [0.4, 0.5) is 4.39 Å². The zero-order valence-corrected chi connectivity index (χ0v) is 12.1. The maximum Gasteiger partial charge on any atom is 0.204 e. The molecule has 0 heterocycles. The molecule has 1 unspecified atom stereocenters. The molecule has 0 amide bonds. The summed E-state index contributed by atoms with van der Waals surface area (Å²) in [6.45, 7) is 1.57. The van der Waals surface area contributed by atoms with E-state index in [-0.39, 0.29) is 10.6 Å². The van der Waals surface area contributed by atoms with Gasteiger partial charge in [0.15, 0.2) is 6.10 Å². The van der Waals surface area contributed by atoms with Crippen LogP contribution in [0.3, 0.4) is 0 Å². The highest BCUT2D eigenvalue weighted by Gasteiger charge is 2.20. The molecule has 0 bridgehead atoms. The zero-order chi connectivity index (χ0) is 14.7. The molecule has 0 aromatic heterocycles. The van der Waals surface area contributed by atoms with Crippen molar-refractivity contribution in [3.05, 3.63) is 63.9 Å². The highest BCUT2D eigenvalue weighted by Crippen LogP contribution is 2.22. The normalized spacial score (nSPS) is 12.0. The maximum absolute atomic E-state index is 13.2.